The maximum Gasteiger partial charge on any atom is 0.302 e. The van der Waals surface area contributed by atoms with Crippen molar-refractivity contribution < 1.29 is 18.4 Å². The van der Waals surface area contributed by atoms with Crippen molar-refractivity contribution in [3.63, 3.8) is 0 Å². The van der Waals surface area contributed by atoms with Crippen molar-refractivity contribution in [1.82, 2.24) is 10.3 Å². The smallest absolute Gasteiger partial charge is 0.302 e. The number of oxazole rings is 1. The van der Waals surface area contributed by atoms with E-state index >= 15 is 0 Å². The second-order valence-electron chi connectivity index (χ2n) is 5.31. The van der Waals surface area contributed by atoms with E-state index in [4.69, 9.17) is 8.83 Å². The Morgan fingerprint density at radius 2 is 1.84 bits per heavy atom. The molecule has 7 nitrogen and oxygen atoms in total. The summed E-state index contributed by atoms with van der Waals surface area (Å²) in [6, 6.07) is 13.1. The van der Waals surface area contributed by atoms with E-state index in [2.05, 4.69) is 15.6 Å². The molecule has 0 fully saturated rings. The highest BCUT2D eigenvalue weighted by Gasteiger charge is 2.15. The van der Waals surface area contributed by atoms with Crippen LogP contribution in [0.25, 0.3) is 0 Å². The van der Waals surface area contributed by atoms with Crippen LogP contribution in [0, 0.1) is 0 Å². The molecule has 1 aromatic carbocycles. The number of nitrogens with one attached hydrogen (secondary N) is 2. The van der Waals surface area contributed by atoms with Gasteiger partial charge in [-0.15, -0.1) is 0 Å². The van der Waals surface area contributed by atoms with Crippen molar-refractivity contribution in [1.29, 1.82) is 0 Å². The molecule has 0 aliphatic heterocycles. The molecular weight excluding hydrogens is 322 g/mol. The molecule has 0 saturated heterocycles. The first kappa shape index (κ1) is 16.5. The minimum absolute atomic E-state index is 0.0594. The summed E-state index contributed by atoms with van der Waals surface area (Å²) in [5.74, 6) is -0.720. The molecule has 3 rings (SSSR count). The van der Waals surface area contributed by atoms with Crippen LogP contribution >= 0.6 is 0 Å². The third-order valence-electron chi connectivity index (χ3n) is 3.47. The van der Waals surface area contributed by atoms with Crippen molar-refractivity contribution in [2.45, 2.75) is 12.8 Å². The summed E-state index contributed by atoms with van der Waals surface area (Å²) < 4.78 is 10.0. The van der Waals surface area contributed by atoms with Crippen molar-refractivity contribution >= 4 is 17.8 Å². The number of carbonyl (C=O) groups excluding carboxylic acids is 2. The number of rotatable bonds is 7. The maximum absolute atomic E-state index is 12.0. The first-order chi connectivity index (χ1) is 12.2. The Morgan fingerprint density at radius 1 is 1.00 bits per heavy atom. The Bertz CT molecular complexity index is 825. The molecule has 7 heteroatoms. The van der Waals surface area contributed by atoms with Crippen LogP contribution in [0.2, 0.25) is 0 Å². The van der Waals surface area contributed by atoms with E-state index in [0.29, 0.717) is 6.54 Å². The van der Waals surface area contributed by atoms with Crippen molar-refractivity contribution in [3.05, 3.63) is 72.0 Å². The fourth-order valence-electron chi connectivity index (χ4n) is 2.23. The van der Waals surface area contributed by atoms with E-state index in [1.807, 2.05) is 30.3 Å². The lowest BCUT2D eigenvalue weighted by atomic mass is 10.1. The summed E-state index contributed by atoms with van der Waals surface area (Å²) in [6.45, 7) is 0.522. The van der Waals surface area contributed by atoms with Crippen molar-refractivity contribution in [2.75, 3.05) is 11.9 Å². The number of amides is 2. The number of furan rings is 1. The summed E-state index contributed by atoms with van der Waals surface area (Å²) in [7, 11) is 0. The Balaban J connectivity index is 1.45. The molecule has 2 N–H and O–H groups in total. The quantitative estimate of drug-likeness (QED) is 0.645. The highest BCUT2D eigenvalue weighted by atomic mass is 16.4. The molecule has 0 bridgehead atoms. The topological polar surface area (TPSA) is 97.4 Å². The molecule has 0 spiro atoms. The van der Waals surface area contributed by atoms with Crippen LogP contribution in [-0.2, 0) is 6.42 Å². The Kier molecular flexibility index (Phi) is 5.26. The van der Waals surface area contributed by atoms with Gasteiger partial charge in [-0.05, 0) is 30.5 Å². The second-order valence-corrected chi connectivity index (χ2v) is 5.31. The summed E-state index contributed by atoms with van der Waals surface area (Å²) in [5, 5.41) is 5.19. The summed E-state index contributed by atoms with van der Waals surface area (Å²) >= 11 is 0. The van der Waals surface area contributed by atoms with Crippen LogP contribution in [0.4, 0.5) is 6.01 Å². The number of anilines is 1. The SMILES string of the molecule is O=C(NCCCc1ccccc1)c1coc(NC(=O)c2ccco2)n1. The fraction of sp³-hybridized carbons (Fsp3) is 0.167. The van der Waals surface area contributed by atoms with E-state index in [1.165, 1.54) is 24.2 Å². The molecule has 0 radical (unpaired) electrons. The molecule has 0 aliphatic rings. The molecule has 0 aliphatic carbocycles. The Morgan fingerprint density at radius 3 is 2.60 bits per heavy atom. The van der Waals surface area contributed by atoms with Crippen molar-refractivity contribution in [2.24, 2.45) is 0 Å². The zero-order valence-electron chi connectivity index (χ0n) is 13.4. The fourth-order valence-corrected chi connectivity index (χ4v) is 2.23. The van der Waals surface area contributed by atoms with Gasteiger partial charge >= 0.3 is 6.01 Å². The van der Waals surface area contributed by atoms with E-state index in [1.54, 1.807) is 6.07 Å². The van der Waals surface area contributed by atoms with Crippen molar-refractivity contribution in [3.8, 4) is 0 Å². The van der Waals surface area contributed by atoms with Crippen LogP contribution in [-0.4, -0.2) is 23.3 Å². The van der Waals surface area contributed by atoms with E-state index in [9.17, 15) is 9.59 Å². The predicted octanol–water partition coefficient (Wildman–Crippen LogP) is 2.88. The molecular formula is C18H17N3O4. The predicted molar refractivity (Wildman–Crippen MR) is 90.3 cm³/mol. The van der Waals surface area contributed by atoms with Crippen LogP contribution in [0.5, 0.6) is 0 Å². The first-order valence-electron chi connectivity index (χ1n) is 7.85. The molecule has 2 aromatic heterocycles. The molecule has 0 atom stereocenters. The highest BCUT2D eigenvalue weighted by molar-refractivity contribution is 6.01. The van der Waals surface area contributed by atoms with Crippen LogP contribution < -0.4 is 10.6 Å². The first-order valence-corrected chi connectivity index (χ1v) is 7.85. The van der Waals surface area contributed by atoms with Crippen LogP contribution in [0.1, 0.15) is 33.0 Å². The third-order valence-corrected chi connectivity index (χ3v) is 3.47. The van der Waals surface area contributed by atoms with E-state index < -0.39 is 5.91 Å². The zero-order valence-corrected chi connectivity index (χ0v) is 13.4. The lowest BCUT2D eigenvalue weighted by Gasteiger charge is -2.03. The summed E-state index contributed by atoms with van der Waals surface area (Å²) in [4.78, 5) is 27.8. The number of aromatic nitrogens is 1. The molecule has 2 amide bonds. The van der Waals surface area contributed by atoms with E-state index in [0.717, 1.165) is 12.8 Å². The normalized spacial score (nSPS) is 10.4. The van der Waals surface area contributed by atoms with E-state index in [-0.39, 0.29) is 23.4 Å². The average molecular weight is 339 g/mol. The van der Waals surface area contributed by atoms with Gasteiger partial charge in [0.2, 0.25) is 0 Å². The standard InChI is InChI=1S/C18H17N3O4/c22-16(19-10-4-8-13-6-2-1-3-7-13)14-12-25-18(20-14)21-17(23)15-9-5-11-24-15/h1-3,5-7,9,11-12H,4,8,10H2,(H,19,22)(H,20,21,23). The molecule has 128 valence electrons. The Labute approximate surface area is 144 Å². The molecule has 25 heavy (non-hydrogen) atoms. The summed E-state index contributed by atoms with van der Waals surface area (Å²) in [5.41, 5.74) is 1.33. The van der Waals surface area contributed by atoms with Gasteiger partial charge < -0.3 is 14.2 Å². The van der Waals surface area contributed by atoms with Crippen LogP contribution in [0.3, 0.4) is 0 Å². The average Bonchev–Trinajstić information content (AvgIpc) is 3.31. The largest absolute Gasteiger partial charge is 0.459 e. The lowest BCUT2D eigenvalue weighted by Crippen LogP contribution is -2.25. The maximum atomic E-state index is 12.0. The molecule has 0 unspecified atom stereocenters. The molecule has 2 heterocycles. The number of carbonyl (C=O) groups is 2. The van der Waals surface area contributed by atoms with Gasteiger partial charge in [-0.1, -0.05) is 30.3 Å². The number of aryl methyl sites for hydroxylation is 1. The van der Waals surface area contributed by atoms with Gasteiger partial charge in [-0.25, -0.2) is 0 Å². The Hall–Kier alpha value is -3.35. The van der Waals surface area contributed by atoms with Gasteiger partial charge in [-0.3, -0.25) is 14.9 Å². The second kappa shape index (κ2) is 7.96. The van der Waals surface area contributed by atoms with Gasteiger partial charge in [-0.2, -0.15) is 4.98 Å². The van der Waals surface area contributed by atoms with Gasteiger partial charge in [0.05, 0.1) is 6.26 Å². The number of nitrogens with zero attached hydrogens (tertiary/aromatic N) is 1. The van der Waals surface area contributed by atoms with Gasteiger partial charge in [0, 0.05) is 6.54 Å². The molecule has 3 aromatic rings. The van der Waals surface area contributed by atoms with Gasteiger partial charge in [0.25, 0.3) is 11.8 Å². The monoisotopic (exact) mass is 339 g/mol. The van der Waals surface area contributed by atoms with Gasteiger partial charge in [0.1, 0.15) is 6.26 Å². The lowest BCUT2D eigenvalue weighted by molar-refractivity contribution is 0.0946. The number of hydrogen-bond donors (Lipinski definition) is 2. The number of benzene rings is 1. The third kappa shape index (κ3) is 4.57. The highest BCUT2D eigenvalue weighted by Crippen LogP contribution is 2.10. The number of hydrogen-bond acceptors (Lipinski definition) is 5. The van der Waals surface area contributed by atoms with Crippen LogP contribution in [0.15, 0.2) is 63.8 Å². The minimum Gasteiger partial charge on any atom is -0.459 e. The molecule has 0 saturated carbocycles. The zero-order chi connectivity index (χ0) is 17.5. The minimum atomic E-state index is -0.498. The summed E-state index contributed by atoms with van der Waals surface area (Å²) in [6.07, 6.45) is 4.28. The van der Waals surface area contributed by atoms with Gasteiger partial charge in [0.15, 0.2) is 11.5 Å².